The first kappa shape index (κ1) is 8.81. The molecule has 0 N–H and O–H groups in total. The van der Waals surface area contributed by atoms with Crippen molar-refractivity contribution < 1.29 is 13.9 Å². The zero-order valence-corrected chi connectivity index (χ0v) is 7.44. The SMILES string of the molecule is C=Cc1c(F)cccc1C1OC=CO1. The first-order chi connectivity index (χ1) is 6.83. The summed E-state index contributed by atoms with van der Waals surface area (Å²) in [5.41, 5.74) is 1.06. The highest BCUT2D eigenvalue weighted by Crippen LogP contribution is 2.28. The van der Waals surface area contributed by atoms with Gasteiger partial charge in [0.15, 0.2) is 0 Å². The minimum Gasteiger partial charge on any atom is -0.455 e. The topological polar surface area (TPSA) is 18.5 Å². The fourth-order valence-corrected chi connectivity index (χ4v) is 1.36. The van der Waals surface area contributed by atoms with Crippen LogP contribution in [0.3, 0.4) is 0 Å². The Morgan fingerprint density at radius 2 is 2.00 bits per heavy atom. The summed E-state index contributed by atoms with van der Waals surface area (Å²) in [6.07, 6.45) is 3.76. The average Bonchev–Trinajstić information content (AvgIpc) is 2.70. The normalized spacial score (nSPS) is 14.9. The van der Waals surface area contributed by atoms with Gasteiger partial charge in [0.25, 0.3) is 6.29 Å². The summed E-state index contributed by atoms with van der Waals surface area (Å²) in [6.45, 7) is 3.55. The number of halogens is 1. The monoisotopic (exact) mass is 192 g/mol. The third-order valence-corrected chi connectivity index (χ3v) is 2.00. The molecule has 3 heteroatoms. The van der Waals surface area contributed by atoms with E-state index < -0.39 is 6.29 Å². The van der Waals surface area contributed by atoms with Crippen molar-refractivity contribution in [1.29, 1.82) is 0 Å². The molecule has 1 aromatic rings. The van der Waals surface area contributed by atoms with E-state index in [1.165, 1.54) is 24.7 Å². The van der Waals surface area contributed by atoms with Gasteiger partial charge in [0.1, 0.15) is 18.3 Å². The van der Waals surface area contributed by atoms with Crippen LogP contribution in [0.25, 0.3) is 6.08 Å². The highest BCUT2D eigenvalue weighted by molar-refractivity contribution is 5.53. The number of rotatable bonds is 2. The fourth-order valence-electron chi connectivity index (χ4n) is 1.36. The van der Waals surface area contributed by atoms with E-state index in [0.717, 1.165) is 0 Å². The summed E-state index contributed by atoms with van der Waals surface area (Å²) in [5, 5.41) is 0. The Morgan fingerprint density at radius 3 is 2.64 bits per heavy atom. The number of ether oxygens (including phenoxy) is 2. The van der Waals surface area contributed by atoms with E-state index in [-0.39, 0.29) is 5.82 Å². The van der Waals surface area contributed by atoms with Gasteiger partial charge in [-0.25, -0.2) is 4.39 Å². The van der Waals surface area contributed by atoms with Gasteiger partial charge < -0.3 is 9.47 Å². The molecule has 0 fully saturated rings. The maximum absolute atomic E-state index is 13.3. The Labute approximate surface area is 81.3 Å². The smallest absolute Gasteiger partial charge is 0.267 e. The van der Waals surface area contributed by atoms with Crippen molar-refractivity contribution in [3.63, 3.8) is 0 Å². The quantitative estimate of drug-likeness (QED) is 0.717. The molecule has 1 aliphatic rings. The molecule has 1 aromatic carbocycles. The van der Waals surface area contributed by atoms with Crippen molar-refractivity contribution in [2.24, 2.45) is 0 Å². The van der Waals surface area contributed by atoms with Crippen molar-refractivity contribution in [2.45, 2.75) is 6.29 Å². The molecule has 0 radical (unpaired) electrons. The second kappa shape index (κ2) is 3.54. The molecular formula is C11H9FO2. The van der Waals surface area contributed by atoms with Crippen LogP contribution in [0, 0.1) is 5.82 Å². The van der Waals surface area contributed by atoms with Crippen LogP contribution in [0.4, 0.5) is 4.39 Å². The number of hydrogen-bond acceptors (Lipinski definition) is 2. The second-order valence-corrected chi connectivity index (χ2v) is 2.82. The molecule has 0 amide bonds. The van der Waals surface area contributed by atoms with Crippen LogP contribution in [-0.2, 0) is 9.47 Å². The van der Waals surface area contributed by atoms with Gasteiger partial charge in [-0.3, -0.25) is 0 Å². The number of benzene rings is 1. The molecule has 0 saturated carbocycles. The van der Waals surface area contributed by atoms with E-state index in [9.17, 15) is 4.39 Å². The Kier molecular flexibility index (Phi) is 2.23. The van der Waals surface area contributed by atoms with Crippen molar-refractivity contribution in [2.75, 3.05) is 0 Å². The molecule has 0 aromatic heterocycles. The van der Waals surface area contributed by atoms with Crippen LogP contribution in [0.2, 0.25) is 0 Å². The average molecular weight is 192 g/mol. The summed E-state index contributed by atoms with van der Waals surface area (Å²) in [4.78, 5) is 0. The zero-order chi connectivity index (χ0) is 9.97. The predicted molar refractivity (Wildman–Crippen MR) is 50.5 cm³/mol. The lowest BCUT2D eigenvalue weighted by Crippen LogP contribution is -2.01. The lowest BCUT2D eigenvalue weighted by atomic mass is 10.1. The van der Waals surface area contributed by atoms with Crippen LogP contribution in [-0.4, -0.2) is 0 Å². The first-order valence-electron chi connectivity index (χ1n) is 4.19. The van der Waals surface area contributed by atoms with Gasteiger partial charge in [0, 0.05) is 11.1 Å². The summed E-state index contributed by atoms with van der Waals surface area (Å²) < 4.78 is 23.5. The van der Waals surface area contributed by atoms with Gasteiger partial charge in [0.05, 0.1) is 0 Å². The van der Waals surface area contributed by atoms with Gasteiger partial charge >= 0.3 is 0 Å². The first-order valence-corrected chi connectivity index (χ1v) is 4.19. The van der Waals surface area contributed by atoms with Crippen molar-refractivity contribution in [1.82, 2.24) is 0 Å². The van der Waals surface area contributed by atoms with Crippen molar-refractivity contribution in [3.05, 3.63) is 54.2 Å². The largest absolute Gasteiger partial charge is 0.455 e. The number of hydrogen-bond donors (Lipinski definition) is 0. The third kappa shape index (κ3) is 1.37. The summed E-state index contributed by atoms with van der Waals surface area (Å²) in [7, 11) is 0. The van der Waals surface area contributed by atoms with Crippen molar-refractivity contribution in [3.8, 4) is 0 Å². The lowest BCUT2D eigenvalue weighted by molar-refractivity contribution is -0.0249. The van der Waals surface area contributed by atoms with E-state index in [1.54, 1.807) is 12.1 Å². The summed E-state index contributed by atoms with van der Waals surface area (Å²) in [5.74, 6) is -0.323. The Bertz CT molecular complexity index is 377. The standard InChI is InChI=1S/C11H9FO2/c1-2-8-9(4-3-5-10(8)12)11-13-6-7-14-11/h2-7,11H,1H2. The minimum atomic E-state index is -0.557. The Balaban J connectivity index is 2.41. The third-order valence-electron chi connectivity index (χ3n) is 2.00. The fraction of sp³-hybridized carbons (Fsp3) is 0.0909. The molecule has 0 aliphatic carbocycles. The van der Waals surface area contributed by atoms with E-state index in [4.69, 9.17) is 9.47 Å². The van der Waals surface area contributed by atoms with Crippen LogP contribution < -0.4 is 0 Å². The molecule has 2 nitrogen and oxygen atoms in total. The van der Waals surface area contributed by atoms with Gasteiger partial charge in [-0.15, -0.1) is 0 Å². The molecule has 0 bridgehead atoms. The molecule has 14 heavy (non-hydrogen) atoms. The lowest BCUT2D eigenvalue weighted by Gasteiger charge is -2.13. The second-order valence-electron chi connectivity index (χ2n) is 2.82. The van der Waals surface area contributed by atoms with E-state index >= 15 is 0 Å². The molecule has 0 atom stereocenters. The maximum atomic E-state index is 13.3. The van der Waals surface area contributed by atoms with Gasteiger partial charge in [0.2, 0.25) is 0 Å². The molecule has 0 spiro atoms. The zero-order valence-electron chi connectivity index (χ0n) is 7.44. The molecule has 0 unspecified atom stereocenters. The van der Waals surface area contributed by atoms with Crippen LogP contribution in [0.15, 0.2) is 37.3 Å². The van der Waals surface area contributed by atoms with Gasteiger partial charge in [-0.1, -0.05) is 24.8 Å². The van der Waals surface area contributed by atoms with E-state index in [2.05, 4.69) is 6.58 Å². The van der Waals surface area contributed by atoms with Crippen LogP contribution in [0.5, 0.6) is 0 Å². The van der Waals surface area contributed by atoms with Crippen LogP contribution >= 0.6 is 0 Å². The molecule has 2 rings (SSSR count). The summed E-state index contributed by atoms with van der Waals surface area (Å²) >= 11 is 0. The molecule has 1 heterocycles. The molecular weight excluding hydrogens is 183 g/mol. The summed E-state index contributed by atoms with van der Waals surface area (Å²) in [6, 6.07) is 4.74. The molecule has 72 valence electrons. The Morgan fingerprint density at radius 1 is 1.29 bits per heavy atom. The highest BCUT2D eigenvalue weighted by Gasteiger charge is 2.19. The molecule has 1 aliphatic heterocycles. The van der Waals surface area contributed by atoms with E-state index in [0.29, 0.717) is 11.1 Å². The minimum absolute atomic E-state index is 0.323. The molecule has 0 saturated heterocycles. The highest BCUT2D eigenvalue weighted by atomic mass is 19.1. The maximum Gasteiger partial charge on any atom is 0.267 e. The van der Waals surface area contributed by atoms with E-state index in [1.807, 2.05) is 0 Å². The van der Waals surface area contributed by atoms with Crippen LogP contribution in [0.1, 0.15) is 17.4 Å². The van der Waals surface area contributed by atoms with Gasteiger partial charge in [-0.05, 0) is 6.07 Å². The Hall–Kier alpha value is -1.77. The van der Waals surface area contributed by atoms with Gasteiger partial charge in [-0.2, -0.15) is 0 Å². The van der Waals surface area contributed by atoms with Crippen molar-refractivity contribution >= 4 is 6.08 Å². The predicted octanol–water partition coefficient (Wildman–Crippen LogP) is 2.99.